The first kappa shape index (κ1) is 28.2. The molecule has 1 amide bonds. The van der Waals surface area contributed by atoms with Gasteiger partial charge < -0.3 is 9.64 Å². The van der Waals surface area contributed by atoms with Gasteiger partial charge in [-0.25, -0.2) is 9.37 Å². The monoisotopic (exact) mass is 516 g/mol. The number of pyridine rings is 1. The van der Waals surface area contributed by atoms with Crippen molar-refractivity contribution in [2.24, 2.45) is 0 Å². The number of alkyl halides is 3. The van der Waals surface area contributed by atoms with E-state index in [2.05, 4.69) is 4.98 Å². The van der Waals surface area contributed by atoms with Crippen molar-refractivity contribution in [1.29, 1.82) is 0 Å². The third-order valence-corrected chi connectivity index (χ3v) is 6.07. The largest absolute Gasteiger partial charge is 0.472 e. The van der Waals surface area contributed by atoms with Crippen molar-refractivity contribution in [3.63, 3.8) is 0 Å². The van der Waals surface area contributed by atoms with Crippen LogP contribution in [0.15, 0.2) is 48.7 Å². The topological polar surface area (TPSA) is 42.4 Å². The van der Waals surface area contributed by atoms with Crippen LogP contribution in [-0.4, -0.2) is 23.5 Å². The van der Waals surface area contributed by atoms with Crippen LogP contribution >= 0.6 is 0 Å². The van der Waals surface area contributed by atoms with Crippen molar-refractivity contribution < 1.29 is 27.1 Å². The van der Waals surface area contributed by atoms with Crippen molar-refractivity contribution >= 4 is 11.6 Å². The van der Waals surface area contributed by atoms with Gasteiger partial charge in [-0.2, -0.15) is 13.2 Å². The van der Waals surface area contributed by atoms with Crippen LogP contribution in [0.1, 0.15) is 56.9 Å². The quantitative estimate of drug-likeness (QED) is 0.327. The van der Waals surface area contributed by atoms with E-state index in [9.17, 15) is 22.4 Å². The Balaban J connectivity index is 2.13. The molecule has 0 N–H and O–H groups in total. The number of likely N-dealkylation sites (N-methyl/N-ethyl adjacent to an activating group) is 1. The molecule has 0 saturated heterocycles. The van der Waals surface area contributed by atoms with E-state index >= 15 is 0 Å². The van der Waals surface area contributed by atoms with Crippen LogP contribution in [0, 0.1) is 19.7 Å². The average molecular weight is 517 g/mol. The second-order valence-electron chi connectivity index (χ2n) is 10.8. The van der Waals surface area contributed by atoms with E-state index in [4.69, 9.17) is 4.74 Å². The highest BCUT2D eigenvalue weighted by Gasteiger charge is 2.37. The number of aromatic nitrogens is 1. The molecule has 0 radical (unpaired) electrons. The van der Waals surface area contributed by atoms with Gasteiger partial charge in [0.2, 0.25) is 11.8 Å². The molecule has 0 atom stereocenters. The molecule has 1 aromatic heterocycles. The normalized spacial score (nSPS) is 12.4. The summed E-state index contributed by atoms with van der Waals surface area (Å²) in [6.45, 7) is 12.1. The summed E-state index contributed by atoms with van der Waals surface area (Å²) in [6, 6.07) is 9.68. The molecule has 0 unspecified atom stereocenters. The highest BCUT2D eigenvalue weighted by molar-refractivity contribution is 6.03. The number of rotatable bonds is 5. The van der Waals surface area contributed by atoms with Gasteiger partial charge in [-0.3, -0.25) is 4.79 Å². The lowest BCUT2D eigenvalue weighted by Crippen LogP contribution is -2.42. The summed E-state index contributed by atoms with van der Waals surface area (Å²) < 4.78 is 60.2. The Morgan fingerprint density at radius 3 is 2.08 bits per heavy atom. The fourth-order valence-corrected chi connectivity index (χ4v) is 4.17. The van der Waals surface area contributed by atoms with Gasteiger partial charge in [0.15, 0.2) is 0 Å². The van der Waals surface area contributed by atoms with E-state index in [1.807, 2.05) is 20.8 Å². The van der Waals surface area contributed by atoms with Crippen LogP contribution in [0.3, 0.4) is 0 Å². The molecule has 0 spiro atoms. The molecule has 198 valence electrons. The molecule has 4 nitrogen and oxygen atoms in total. The van der Waals surface area contributed by atoms with Gasteiger partial charge in [-0.1, -0.05) is 17.7 Å². The second-order valence-corrected chi connectivity index (χ2v) is 10.8. The van der Waals surface area contributed by atoms with Gasteiger partial charge in [0.25, 0.3) is 0 Å². The number of carbonyl (C=O) groups excluding carboxylic acids is 1. The van der Waals surface area contributed by atoms with Crippen molar-refractivity contribution in [2.75, 3.05) is 11.9 Å². The molecule has 2 aromatic carbocycles. The minimum absolute atomic E-state index is 0.247. The number of benzene rings is 2. The van der Waals surface area contributed by atoms with Gasteiger partial charge in [0.1, 0.15) is 11.4 Å². The van der Waals surface area contributed by atoms with E-state index in [0.29, 0.717) is 33.8 Å². The van der Waals surface area contributed by atoms with Crippen LogP contribution in [0.2, 0.25) is 0 Å². The van der Waals surface area contributed by atoms with Gasteiger partial charge in [0.05, 0.1) is 22.9 Å². The number of hydrogen-bond acceptors (Lipinski definition) is 3. The summed E-state index contributed by atoms with van der Waals surface area (Å²) in [7, 11) is 1.55. The smallest absolute Gasteiger partial charge is 0.416 e. The van der Waals surface area contributed by atoms with Crippen LogP contribution in [0.5, 0.6) is 5.88 Å². The van der Waals surface area contributed by atoms with Crippen LogP contribution in [-0.2, 0) is 16.4 Å². The Morgan fingerprint density at radius 1 is 0.892 bits per heavy atom. The van der Waals surface area contributed by atoms with E-state index in [0.717, 1.165) is 12.1 Å². The number of ether oxygens (including phenoxy) is 1. The zero-order chi connectivity index (χ0) is 27.9. The predicted molar refractivity (Wildman–Crippen MR) is 137 cm³/mol. The van der Waals surface area contributed by atoms with E-state index in [-0.39, 0.29) is 5.56 Å². The number of hydrogen-bond donors (Lipinski definition) is 0. The standard InChI is InChI=1S/C29H32F4N2O2/c1-17-11-19(14-20(12-17)29(31,32)33)28(6,7)26(36)35(8)24-16-34-25(37-27(3,4)5)15-23(24)22-10-9-21(30)13-18(22)2/h9-16H,1-8H3. The predicted octanol–water partition coefficient (Wildman–Crippen LogP) is 7.64. The molecule has 0 saturated carbocycles. The fraction of sp³-hybridized carbons (Fsp3) is 0.379. The number of nitrogens with zero attached hydrogens (tertiary/aromatic N) is 2. The summed E-state index contributed by atoms with van der Waals surface area (Å²) in [5.74, 6) is -0.504. The molecular weight excluding hydrogens is 484 g/mol. The summed E-state index contributed by atoms with van der Waals surface area (Å²) in [5, 5.41) is 0. The average Bonchev–Trinajstić information content (AvgIpc) is 2.76. The molecular formula is C29H32F4N2O2. The maximum Gasteiger partial charge on any atom is 0.416 e. The number of carbonyl (C=O) groups is 1. The van der Waals surface area contributed by atoms with Gasteiger partial charge in [-0.15, -0.1) is 0 Å². The Kier molecular flexibility index (Phi) is 7.46. The lowest BCUT2D eigenvalue weighted by atomic mass is 9.81. The minimum Gasteiger partial charge on any atom is -0.472 e. The van der Waals surface area contributed by atoms with Crippen molar-refractivity contribution in [3.05, 3.63) is 76.7 Å². The molecule has 1 heterocycles. The van der Waals surface area contributed by atoms with Crippen molar-refractivity contribution in [3.8, 4) is 17.0 Å². The third kappa shape index (κ3) is 6.29. The van der Waals surface area contributed by atoms with Gasteiger partial charge in [0, 0.05) is 18.7 Å². The number of amides is 1. The highest BCUT2D eigenvalue weighted by atomic mass is 19.4. The van der Waals surface area contributed by atoms with Gasteiger partial charge >= 0.3 is 6.18 Å². The van der Waals surface area contributed by atoms with Crippen LogP contribution < -0.4 is 9.64 Å². The molecule has 3 aromatic rings. The Bertz CT molecular complexity index is 1320. The Morgan fingerprint density at radius 2 is 1.51 bits per heavy atom. The van der Waals surface area contributed by atoms with E-state index in [1.165, 1.54) is 23.2 Å². The number of aryl methyl sites for hydroxylation is 2. The first-order valence-electron chi connectivity index (χ1n) is 11.8. The Hall–Kier alpha value is -3.42. The van der Waals surface area contributed by atoms with E-state index < -0.39 is 34.5 Å². The first-order valence-corrected chi connectivity index (χ1v) is 11.8. The molecule has 8 heteroatoms. The van der Waals surface area contributed by atoms with E-state index in [1.54, 1.807) is 52.9 Å². The molecule has 0 fully saturated rings. The van der Waals surface area contributed by atoms with Crippen LogP contribution in [0.4, 0.5) is 23.2 Å². The third-order valence-electron chi connectivity index (χ3n) is 6.07. The zero-order valence-electron chi connectivity index (χ0n) is 22.3. The molecule has 0 aliphatic heterocycles. The Labute approximate surface area is 215 Å². The second kappa shape index (κ2) is 9.80. The SMILES string of the molecule is Cc1cc(C(F)(F)F)cc(C(C)(C)C(=O)N(C)c2cnc(OC(C)(C)C)cc2-c2ccc(F)cc2C)c1. The zero-order valence-corrected chi connectivity index (χ0v) is 22.3. The first-order chi connectivity index (χ1) is 16.9. The lowest BCUT2D eigenvalue weighted by Gasteiger charge is -2.32. The highest BCUT2D eigenvalue weighted by Crippen LogP contribution is 2.39. The summed E-state index contributed by atoms with van der Waals surface area (Å²) >= 11 is 0. The van der Waals surface area contributed by atoms with Crippen molar-refractivity contribution in [1.82, 2.24) is 4.98 Å². The van der Waals surface area contributed by atoms with Crippen molar-refractivity contribution in [2.45, 2.75) is 65.7 Å². The molecule has 37 heavy (non-hydrogen) atoms. The fourth-order valence-electron chi connectivity index (χ4n) is 4.17. The maximum atomic E-state index is 13.9. The molecule has 3 rings (SSSR count). The molecule has 0 aliphatic carbocycles. The molecule has 0 bridgehead atoms. The number of halogens is 4. The van der Waals surface area contributed by atoms with Gasteiger partial charge in [-0.05, 0) is 89.4 Å². The maximum absolute atomic E-state index is 13.9. The summed E-state index contributed by atoms with van der Waals surface area (Å²) in [5.41, 5.74) is 0.326. The summed E-state index contributed by atoms with van der Waals surface area (Å²) in [6.07, 6.45) is -3.05. The van der Waals surface area contributed by atoms with Crippen LogP contribution in [0.25, 0.3) is 11.1 Å². The molecule has 0 aliphatic rings. The minimum atomic E-state index is -4.54. The number of anilines is 1. The lowest BCUT2D eigenvalue weighted by molar-refractivity contribution is -0.137. The summed E-state index contributed by atoms with van der Waals surface area (Å²) in [4.78, 5) is 19.6.